The van der Waals surface area contributed by atoms with E-state index in [4.69, 9.17) is 0 Å². The molecule has 1 N–H and O–H groups in total. The van der Waals surface area contributed by atoms with Gasteiger partial charge in [-0.1, -0.05) is 30.3 Å². The van der Waals surface area contributed by atoms with E-state index in [0.717, 1.165) is 5.56 Å². The fraction of sp³-hybridized carbons (Fsp3) is 0.500. The van der Waals surface area contributed by atoms with Crippen LogP contribution in [0.4, 0.5) is 0 Å². The fourth-order valence-corrected chi connectivity index (χ4v) is 1.94. The number of nitrogens with one attached hydrogen (secondary N) is 1. The van der Waals surface area contributed by atoms with Crippen molar-refractivity contribution < 1.29 is 4.79 Å². The molecule has 1 rings (SSSR count). The maximum Gasteiger partial charge on any atom is 0.233 e. The summed E-state index contributed by atoms with van der Waals surface area (Å²) in [6.07, 6.45) is 2.71. The Morgan fingerprint density at radius 3 is 2.56 bits per heavy atom. The molecule has 1 atom stereocenters. The first-order chi connectivity index (χ1) is 8.44. The standard InChI is InChI=1S/C14H21NOS2/c1-14(2,18-3)10-15-13(16)12(17)9-11-7-5-4-6-8-11/h4-8,12,17H,9-10H2,1-3H3,(H,15,16). The number of carbonyl (C=O) groups excluding carboxylic acids is 1. The van der Waals surface area contributed by atoms with Gasteiger partial charge in [0.15, 0.2) is 0 Å². The molecule has 0 heterocycles. The number of thiol groups is 1. The Labute approximate surface area is 119 Å². The molecule has 0 fully saturated rings. The van der Waals surface area contributed by atoms with Crippen molar-refractivity contribution in [1.29, 1.82) is 0 Å². The van der Waals surface area contributed by atoms with Crippen LogP contribution in [0.5, 0.6) is 0 Å². The molecule has 0 aliphatic rings. The van der Waals surface area contributed by atoms with Crippen LogP contribution >= 0.6 is 24.4 Å². The van der Waals surface area contributed by atoms with Crippen molar-refractivity contribution >= 4 is 30.3 Å². The largest absolute Gasteiger partial charge is 0.354 e. The van der Waals surface area contributed by atoms with Gasteiger partial charge in [-0.15, -0.1) is 0 Å². The molecule has 1 aromatic rings. The SMILES string of the molecule is CSC(C)(C)CNC(=O)C(S)Cc1ccccc1. The Balaban J connectivity index is 2.43. The van der Waals surface area contributed by atoms with Crippen molar-refractivity contribution in [3.05, 3.63) is 35.9 Å². The first-order valence-corrected chi connectivity index (χ1v) is 7.73. The van der Waals surface area contributed by atoms with Gasteiger partial charge in [-0.05, 0) is 32.1 Å². The summed E-state index contributed by atoms with van der Waals surface area (Å²) in [5.41, 5.74) is 1.14. The highest BCUT2D eigenvalue weighted by Crippen LogP contribution is 2.19. The van der Waals surface area contributed by atoms with Crippen LogP contribution in [-0.4, -0.2) is 28.7 Å². The van der Waals surface area contributed by atoms with Crippen LogP contribution in [0.2, 0.25) is 0 Å². The Kier molecular flexibility index (Phi) is 6.09. The van der Waals surface area contributed by atoms with Gasteiger partial charge < -0.3 is 5.32 Å². The number of hydrogen-bond acceptors (Lipinski definition) is 3. The minimum absolute atomic E-state index is 0.00399. The molecular formula is C14H21NOS2. The number of amides is 1. The fourth-order valence-electron chi connectivity index (χ4n) is 1.42. The maximum atomic E-state index is 11.9. The zero-order chi connectivity index (χ0) is 13.6. The monoisotopic (exact) mass is 283 g/mol. The summed E-state index contributed by atoms with van der Waals surface area (Å²) in [4.78, 5) is 11.9. The summed E-state index contributed by atoms with van der Waals surface area (Å²) >= 11 is 6.12. The summed E-state index contributed by atoms with van der Waals surface area (Å²) in [7, 11) is 0. The van der Waals surface area contributed by atoms with E-state index in [1.807, 2.05) is 36.6 Å². The van der Waals surface area contributed by atoms with E-state index in [1.54, 1.807) is 11.8 Å². The van der Waals surface area contributed by atoms with Crippen molar-refractivity contribution in [2.45, 2.75) is 30.3 Å². The Morgan fingerprint density at radius 1 is 1.39 bits per heavy atom. The molecule has 0 radical (unpaired) electrons. The Morgan fingerprint density at radius 2 is 2.00 bits per heavy atom. The third-order valence-electron chi connectivity index (χ3n) is 2.82. The van der Waals surface area contributed by atoms with Crippen LogP contribution in [0.15, 0.2) is 30.3 Å². The minimum atomic E-state index is -0.287. The summed E-state index contributed by atoms with van der Waals surface area (Å²) < 4.78 is 0.0654. The van der Waals surface area contributed by atoms with Crippen molar-refractivity contribution in [3.63, 3.8) is 0 Å². The van der Waals surface area contributed by atoms with Gasteiger partial charge in [0.25, 0.3) is 0 Å². The van der Waals surface area contributed by atoms with Crippen molar-refractivity contribution in [2.24, 2.45) is 0 Å². The third kappa shape index (κ3) is 5.36. The van der Waals surface area contributed by atoms with Crippen molar-refractivity contribution in [2.75, 3.05) is 12.8 Å². The molecule has 2 nitrogen and oxygen atoms in total. The van der Waals surface area contributed by atoms with E-state index in [2.05, 4.69) is 31.8 Å². The molecule has 0 spiro atoms. The van der Waals surface area contributed by atoms with Gasteiger partial charge >= 0.3 is 0 Å². The highest BCUT2D eigenvalue weighted by atomic mass is 32.2. The van der Waals surface area contributed by atoms with Gasteiger partial charge in [-0.25, -0.2) is 0 Å². The molecule has 0 saturated heterocycles. The molecule has 18 heavy (non-hydrogen) atoms. The number of benzene rings is 1. The van der Waals surface area contributed by atoms with Gasteiger partial charge in [0.2, 0.25) is 5.91 Å². The van der Waals surface area contributed by atoms with Crippen LogP contribution in [0.3, 0.4) is 0 Å². The first-order valence-electron chi connectivity index (χ1n) is 5.99. The third-order valence-corrected chi connectivity index (χ3v) is 4.48. The van der Waals surface area contributed by atoms with E-state index < -0.39 is 0 Å². The number of carbonyl (C=O) groups is 1. The lowest BCUT2D eigenvalue weighted by Gasteiger charge is -2.23. The molecule has 1 aromatic carbocycles. The van der Waals surface area contributed by atoms with Crippen molar-refractivity contribution in [3.8, 4) is 0 Å². The lowest BCUT2D eigenvalue weighted by atomic mass is 10.1. The maximum absolute atomic E-state index is 11.9. The summed E-state index contributed by atoms with van der Waals surface area (Å²) in [6.45, 7) is 4.89. The topological polar surface area (TPSA) is 29.1 Å². The quantitative estimate of drug-likeness (QED) is 0.786. The molecule has 1 amide bonds. The van der Waals surface area contributed by atoms with Gasteiger partial charge in [-0.3, -0.25) is 4.79 Å². The molecule has 1 unspecified atom stereocenters. The second-order valence-corrected chi connectivity index (χ2v) is 7.02. The lowest BCUT2D eigenvalue weighted by molar-refractivity contribution is -0.120. The average molecular weight is 283 g/mol. The number of thioether (sulfide) groups is 1. The molecule has 0 bridgehead atoms. The van der Waals surface area contributed by atoms with Gasteiger partial charge in [-0.2, -0.15) is 24.4 Å². The summed E-state index contributed by atoms with van der Waals surface area (Å²) in [6, 6.07) is 9.96. The van der Waals surface area contributed by atoms with Gasteiger partial charge in [0.05, 0.1) is 5.25 Å². The van der Waals surface area contributed by atoms with E-state index >= 15 is 0 Å². The van der Waals surface area contributed by atoms with Crippen LogP contribution in [0, 0.1) is 0 Å². The molecule has 0 aromatic heterocycles. The van der Waals surface area contributed by atoms with Crippen LogP contribution < -0.4 is 5.32 Å². The zero-order valence-corrected chi connectivity index (χ0v) is 12.9. The normalized spacial score (nSPS) is 13.1. The van der Waals surface area contributed by atoms with Crippen LogP contribution in [-0.2, 0) is 11.2 Å². The predicted octanol–water partition coefficient (Wildman–Crippen LogP) is 2.79. The molecule has 0 saturated carbocycles. The highest BCUT2D eigenvalue weighted by Gasteiger charge is 2.20. The van der Waals surface area contributed by atoms with Gasteiger partial charge in [0, 0.05) is 11.3 Å². The number of hydrogen-bond donors (Lipinski definition) is 2. The smallest absolute Gasteiger partial charge is 0.233 e. The van der Waals surface area contributed by atoms with Crippen molar-refractivity contribution in [1.82, 2.24) is 5.32 Å². The molecule has 0 aliphatic heterocycles. The minimum Gasteiger partial charge on any atom is -0.354 e. The number of rotatable bonds is 6. The summed E-state index contributed by atoms with van der Waals surface area (Å²) in [5, 5.41) is 2.67. The lowest BCUT2D eigenvalue weighted by Crippen LogP contribution is -2.40. The summed E-state index contributed by atoms with van der Waals surface area (Å²) in [5.74, 6) is 0.00399. The van der Waals surface area contributed by atoms with E-state index in [-0.39, 0.29) is 15.9 Å². The Bertz CT molecular complexity index is 379. The van der Waals surface area contributed by atoms with Crippen LogP contribution in [0.25, 0.3) is 0 Å². The van der Waals surface area contributed by atoms with E-state index in [0.29, 0.717) is 13.0 Å². The predicted molar refractivity (Wildman–Crippen MR) is 83.5 cm³/mol. The highest BCUT2D eigenvalue weighted by molar-refractivity contribution is 7.99. The molecule has 4 heteroatoms. The van der Waals surface area contributed by atoms with E-state index in [9.17, 15) is 4.79 Å². The van der Waals surface area contributed by atoms with E-state index in [1.165, 1.54) is 0 Å². The second kappa shape index (κ2) is 7.10. The molecular weight excluding hydrogens is 262 g/mol. The zero-order valence-electron chi connectivity index (χ0n) is 11.1. The average Bonchev–Trinajstić information content (AvgIpc) is 2.37. The van der Waals surface area contributed by atoms with Crippen LogP contribution in [0.1, 0.15) is 19.4 Å². The second-order valence-electron chi connectivity index (χ2n) is 4.89. The Hall–Kier alpha value is -0.610. The first kappa shape index (κ1) is 15.4. The molecule has 100 valence electrons. The van der Waals surface area contributed by atoms with Gasteiger partial charge in [0.1, 0.15) is 0 Å². The molecule has 0 aliphatic carbocycles.